The van der Waals surface area contributed by atoms with Crippen molar-refractivity contribution in [2.45, 2.75) is 17.9 Å². The molecule has 2 atom stereocenters. The highest BCUT2D eigenvalue weighted by Crippen LogP contribution is 2.48. The molecule has 0 radical (unpaired) electrons. The minimum atomic E-state index is -1.20. The minimum absolute atomic E-state index is 0.369. The summed E-state index contributed by atoms with van der Waals surface area (Å²) < 4.78 is 5.71. The lowest BCUT2D eigenvalue weighted by atomic mass is 9.70. The summed E-state index contributed by atoms with van der Waals surface area (Å²) >= 11 is 0. The Morgan fingerprint density at radius 3 is 2.42 bits per heavy atom. The monoisotopic (exact) mass is 438 g/mol. The summed E-state index contributed by atoms with van der Waals surface area (Å²) in [7, 11) is 7.74. The molecular formula is C28H31BN2O2. The van der Waals surface area contributed by atoms with Gasteiger partial charge in [-0.3, -0.25) is 0 Å². The fourth-order valence-corrected chi connectivity index (χ4v) is 4.75. The number of hydrogen-bond acceptors (Lipinski definition) is 4. The van der Waals surface area contributed by atoms with Crippen LogP contribution in [-0.4, -0.2) is 50.6 Å². The maximum atomic E-state index is 12.8. The first kappa shape index (κ1) is 23.0. The number of benzene rings is 3. The third-order valence-electron chi connectivity index (χ3n) is 6.33. The van der Waals surface area contributed by atoms with Gasteiger partial charge in [-0.25, -0.2) is 4.98 Å². The fourth-order valence-electron chi connectivity index (χ4n) is 4.75. The molecule has 0 aliphatic heterocycles. The van der Waals surface area contributed by atoms with Crippen LogP contribution in [0.25, 0.3) is 10.8 Å². The molecule has 0 aliphatic carbocycles. The number of nitrogens with zero attached hydrogens (tertiary/aromatic N) is 2. The van der Waals surface area contributed by atoms with Crippen molar-refractivity contribution >= 4 is 24.1 Å². The van der Waals surface area contributed by atoms with E-state index in [9.17, 15) is 5.11 Å². The topological polar surface area (TPSA) is 45.6 Å². The summed E-state index contributed by atoms with van der Waals surface area (Å²) in [6.07, 6.45) is 2.35. The molecule has 4 aromatic rings. The fraction of sp³-hybridized carbons (Fsp3) is 0.250. The van der Waals surface area contributed by atoms with Gasteiger partial charge in [0.1, 0.15) is 13.4 Å². The van der Waals surface area contributed by atoms with E-state index in [1.165, 1.54) is 0 Å². The van der Waals surface area contributed by atoms with Crippen molar-refractivity contribution in [1.29, 1.82) is 0 Å². The number of rotatable bonds is 8. The van der Waals surface area contributed by atoms with Gasteiger partial charge in [-0.15, -0.1) is 0 Å². The van der Waals surface area contributed by atoms with Crippen molar-refractivity contribution in [2.75, 3.05) is 27.7 Å². The van der Waals surface area contributed by atoms with Gasteiger partial charge in [0.25, 0.3) is 0 Å². The normalized spacial score (nSPS) is 14.2. The third kappa shape index (κ3) is 4.66. The molecule has 4 rings (SSSR count). The number of methoxy groups -OCH3 is 1. The highest BCUT2D eigenvalue weighted by Gasteiger charge is 2.43. The summed E-state index contributed by atoms with van der Waals surface area (Å²) in [4.78, 5) is 6.68. The highest BCUT2D eigenvalue weighted by atomic mass is 16.5. The molecule has 33 heavy (non-hydrogen) atoms. The number of hydrogen-bond donors (Lipinski definition) is 1. The van der Waals surface area contributed by atoms with E-state index >= 15 is 0 Å². The molecule has 1 aromatic heterocycles. The molecule has 1 heterocycles. The Morgan fingerprint density at radius 2 is 1.70 bits per heavy atom. The second kappa shape index (κ2) is 9.78. The van der Waals surface area contributed by atoms with Crippen molar-refractivity contribution in [2.24, 2.45) is 0 Å². The molecule has 3 aromatic carbocycles. The van der Waals surface area contributed by atoms with Crippen molar-refractivity contribution in [3.05, 3.63) is 102 Å². The Hall–Kier alpha value is -3.15. The first-order valence-electron chi connectivity index (χ1n) is 11.3. The summed E-state index contributed by atoms with van der Waals surface area (Å²) in [6, 6.07) is 26.7. The molecule has 0 bridgehead atoms. The van der Waals surface area contributed by atoms with Crippen LogP contribution in [-0.2, 0) is 5.60 Å². The molecule has 1 N–H and O–H groups in total. The molecule has 2 unspecified atom stereocenters. The van der Waals surface area contributed by atoms with Crippen LogP contribution >= 0.6 is 0 Å². The number of aliphatic hydroxyl groups is 1. The Kier molecular flexibility index (Phi) is 6.82. The molecule has 0 saturated carbocycles. The zero-order valence-electron chi connectivity index (χ0n) is 19.8. The van der Waals surface area contributed by atoms with Gasteiger partial charge in [0.15, 0.2) is 0 Å². The number of ether oxygens (including phenoxy) is 1. The molecule has 0 aliphatic rings. The first-order chi connectivity index (χ1) is 15.9. The van der Waals surface area contributed by atoms with E-state index in [2.05, 4.69) is 52.3 Å². The van der Waals surface area contributed by atoms with Crippen LogP contribution in [0.1, 0.15) is 29.0 Å². The van der Waals surface area contributed by atoms with Crippen LogP contribution in [0.2, 0.25) is 0 Å². The van der Waals surface area contributed by atoms with Crippen LogP contribution in [0.15, 0.2) is 85.1 Å². The summed E-state index contributed by atoms with van der Waals surface area (Å²) in [6.45, 7) is 0.727. The Morgan fingerprint density at radius 1 is 1.00 bits per heavy atom. The summed E-state index contributed by atoms with van der Waals surface area (Å²) in [5.74, 6) is 0.171. The van der Waals surface area contributed by atoms with E-state index in [-0.39, 0.29) is 5.92 Å². The predicted octanol–water partition coefficient (Wildman–Crippen LogP) is 3.47. The Labute approximate surface area is 197 Å². The van der Waals surface area contributed by atoms with Crippen LogP contribution < -0.4 is 10.2 Å². The molecule has 0 amide bonds. The lowest BCUT2D eigenvalue weighted by Gasteiger charge is -2.39. The van der Waals surface area contributed by atoms with Crippen molar-refractivity contribution in [3.8, 4) is 5.88 Å². The van der Waals surface area contributed by atoms with Gasteiger partial charge in [0.2, 0.25) is 5.88 Å². The summed E-state index contributed by atoms with van der Waals surface area (Å²) in [5.41, 5.74) is 2.66. The Bertz CT molecular complexity index is 1220. The van der Waals surface area contributed by atoms with E-state index in [1.807, 2.05) is 58.3 Å². The van der Waals surface area contributed by atoms with E-state index in [4.69, 9.17) is 4.74 Å². The van der Waals surface area contributed by atoms with Crippen LogP contribution in [0, 0.1) is 0 Å². The molecule has 0 spiro atoms. The molecule has 4 nitrogen and oxygen atoms in total. The van der Waals surface area contributed by atoms with Crippen LogP contribution in [0.4, 0.5) is 0 Å². The second-order valence-electron chi connectivity index (χ2n) is 8.96. The van der Waals surface area contributed by atoms with Gasteiger partial charge < -0.3 is 14.7 Å². The smallest absolute Gasteiger partial charge is 0.216 e. The average Bonchev–Trinajstić information content (AvgIpc) is 2.83. The molecule has 168 valence electrons. The van der Waals surface area contributed by atoms with Gasteiger partial charge in [-0.2, -0.15) is 0 Å². The predicted molar refractivity (Wildman–Crippen MR) is 138 cm³/mol. The highest BCUT2D eigenvalue weighted by molar-refractivity contribution is 6.32. The summed E-state index contributed by atoms with van der Waals surface area (Å²) in [5, 5.41) is 15.0. The molecule has 0 fully saturated rings. The lowest BCUT2D eigenvalue weighted by molar-refractivity contribution is 0.00518. The third-order valence-corrected chi connectivity index (χ3v) is 6.33. The van der Waals surface area contributed by atoms with Crippen molar-refractivity contribution in [1.82, 2.24) is 9.88 Å². The maximum absolute atomic E-state index is 12.8. The standard InChI is InChI=1S/C28H31BN2O2/c1-31(2)17-16-28(32,25-15-9-13-20-10-7-8-14-23(20)25)26(21-11-5-4-6-12-21)24-18-22(29)19-30-27(24)33-3/h4-15,18-19,26,32H,16-17,29H2,1-3H3. The van der Waals surface area contributed by atoms with Crippen molar-refractivity contribution in [3.63, 3.8) is 0 Å². The van der Waals surface area contributed by atoms with Crippen LogP contribution in [0.5, 0.6) is 5.88 Å². The van der Waals surface area contributed by atoms with Gasteiger partial charge in [-0.05, 0) is 42.4 Å². The molecule has 0 saturated heterocycles. The maximum Gasteiger partial charge on any atom is 0.216 e. The average molecular weight is 438 g/mol. The van der Waals surface area contributed by atoms with Gasteiger partial charge in [0, 0.05) is 24.2 Å². The Balaban J connectivity index is 2.04. The van der Waals surface area contributed by atoms with Crippen LogP contribution in [0.3, 0.4) is 0 Å². The zero-order valence-corrected chi connectivity index (χ0v) is 19.8. The number of fused-ring (bicyclic) bond motifs is 1. The number of aromatic nitrogens is 1. The van der Waals surface area contributed by atoms with E-state index in [0.717, 1.165) is 39.5 Å². The minimum Gasteiger partial charge on any atom is -0.481 e. The van der Waals surface area contributed by atoms with E-state index < -0.39 is 5.60 Å². The zero-order chi connectivity index (χ0) is 23.4. The second-order valence-corrected chi connectivity index (χ2v) is 8.96. The van der Waals surface area contributed by atoms with Crippen molar-refractivity contribution < 1.29 is 9.84 Å². The van der Waals surface area contributed by atoms with E-state index in [1.54, 1.807) is 13.3 Å². The van der Waals surface area contributed by atoms with Gasteiger partial charge in [0.05, 0.1) is 7.11 Å². The van der Waals surface area contributed by atoms with Gasteiger partial charge in [-0.1, -0.05) is 84.3 Å². The number of pyridine rings is 1. The lowest BCUT2D eigenvalue weighted by Crippen LogP contribution is -2.38. The quantitative estimate of drug-likeness (QED) is 0.428. The molecular weight excluding hydrogens is 407 g/mol. The van der Waals surface area contributed by atoms with Gasteiger partial charge >= 0.3 is 0 Å². The van der Waals surface area contributed by atoms with E-state index in [0.29, 0.717) is 12.3 Å². The molecule has 5 heteroatoms. The largest absolute Gasteiger partial charge is 0.481 e. The first-order valence-corrected chi connectivity index (χ1v) is 11.3. The SMILES string of the molecule is Bc1cnc(OC)c(C(c2ccccc2)C(O)(CCN(C)C)c2cccc3ccccc23)c1.